The number of likely N-dealkylation sites (tertiary alicyclic amines) is 1. The largest absolute Gasteiger partial charge is 0.504 e. The molecule has 1 aliphatic rings. The first-order valence-electron chi connectivity index (χ1n) is 6.85. The second kappa shape index (κ2) is 6.26. The van der Waals surface area contributed by atoms with Crippen LogP contribution in [0.15, 0.2) is 18.2 Å². The number of hydrogen-bond donors (Lipinski definition) is 1. The van der Waals surface area contributed by atoms with Crippen LogP contribution in [0.4, 0.5) is 0 Å². The van der Waals surface area contributed by atoms with Gasteiger partial charge in [0, 0.05) is 19.1 Å². The van der Waals surface area contributed by atoms with Crippen molar-refractivity contribution in [2.75, 3.05) is 34.3 Å². The Hall–Kier alpha value is -1.26. The van der Waals surface area contributed by atoms with Gasteiger partial charge in [-0.2, -0.15) is 0 Å². The van der Waals surface area contributed by atoms with Gasteiger partial charge in [-0.1, -0.05) is 6.07 Å². The van der Waals surface area contributed by atoms with E-state index in [1.165, 1.54) is 12.8 Å². The molecule has 0 spiro atoms. The van der Waals surface area contributed by atoms with E-state index in [4.69, 9.17) is 4.74 Å². The second-order valence-corrected chi connectivity index (χ2v) is 5.53. The Kier molecular flexibility index (Phi) is 4.66. The molecule has 1 atom stereocenters. The van der Waals surface area contributed by atoms with Crippen molar-refractivity contribution in [3.05, 3.63) is 23.8 Å². The molecule has 1 aliphatic heterocycles. The molecule has 4 nitrogen and oxygen atoms in total. The number of nitrogens with zero attached hydrogens (tertiary/aromatic N) is 2. The lowest BCUT2D eigenvalue weighted by molar-refractivity contribution is 0.201. The Labute approximate surface area is 115 Å². The van der Waals surface area contributed by atoms with E-state index >= 15 is 0 Å². The van der Waals surface area contributed by atoms with Crippen molar-refractivity contribution in [2.24, 2.45) is 0 Å². The van der Waals surface area contributed by atoms with Gasteiger partial charge in [-0.3, -0.25) is 4.90 Å². The molecule has 1 heterocycles. The molecule has 0 radical (unpaired) electrons. The van der Waals surface area contributed by atoms with Gasteiger partial charge in [0.15, 0.2) is 11.5 Å². The first-order chi connectivity index (χ1) is 9.10. The van der Waals surface area contributed by atoms with Gasteiger partial charge in [-0.05, 0) is 51.2 Å². The number of benzene rings is 1. The highest BCUT2D eigenvalue weighted by atomic mass is 16.5. The molecule has 1 unspecified atom stereocenters. The lowest BCUT2D eigenvalue weighted by Crippen LogP contribution is -2.37. The Balaban J connectivity index is 2.01. The molecule has 4 heteroatoms. The smallest absolute Gasteiger partial charge is 0.160 e. The average Bonchev–Trinajstić information content (AvgIpc) is 2.76. The van der Waals surface area contributed by atoms with Crippen molar-refractivity contribution in [3.63, 3.8) is 0 Å². The Morgan fingerprint density at radius 2 is 2.21 bits per heavy atom. The fourth-order valence-corrected chi connectivity index (χ4v) is 2.80. The van der Waals surface area contributed by atoms with Crippen molar-refractivity contribution in [1.29, 1.82) is 0 Å². The minimum atomic E-state index is 0.225. The Morgan fingerprint density at radius 1 is 1.42 bits per heavy atom. The molecular weight excluding hydrogens is 240 g/mol. The van der Waals surface area contributed by atoms with Crippen LogP contribution in [0.5, 0.6) is 11.5 Å². The monoisotopic (exact) mass is 264 g/mol. The summed E-state index contributed by atoms with van der Waals surface area (Å²) in [5.74, 6) is 0.762. The molecule has 1 N–H and O–H groups in total. The highest BCUT2D eigenvalue weighted by Crippen LogP contribution is 2.28. The van der Waals surface area contributed by atoms with E-state index in [9.17, 15) is 5.11 Å². The zero-order valence-electron chi connectivity index (χ0n) is 12.1. The van der Waals surface area contributed by atoms with Gasteiger partial charge in [-0.25, -0.2) is 0 Å². The predicted molar refractivity (Wildman–Crippen MR) is 76.6 cm³/mol. The summed E-state index contributed by atoms with van der Waals surface area (Å²) < 4.78 is 5.07. The van der Waals surface area contributed by atoms with Crippen molar-refractivity contribution in [3.8, 4) is 11.5 Å². The summed E-state index contributed by atoms with van der Waals surface area (Å²) in [4.78, 5) is 4.75. The fourth-order valence-electron chi connectivity index (χ4n) is 2.80. The van der Waals surface area contributed by atoms with Gasteiger partial charge in [0.1, 0.15) is 0 Å². The molecule has 0 amide bonds. The summed E-state index contributed by atoms with van der Waals surface area (Å²) in [6, 6.07) is 6.30. The van der Waals surface area contributed by atoms with Crippen molar-refractivity contribution in [1.82, 2.24) is 9.80 Å². The molecule has 1 saturated heterocycles. The molecule has 1 aromatic rings. The maximum atomic E-state index is 9.82. The van der Waals surface area contributed by atoms with Crippen LogP contribution in [0.1, 0.15) is 18.4 Å². The van der Waals surface area contributed by atoms with Gasteiger partial charge in [0.25, 0.3) is 0 Å². The number of aromatic hydroxyl groups is 1. The fraction of sp³-hybridized carbons (Fsp3) is 0.600. The van der Waals surface area contributed by atoms with E-state index in [2.05, 4.69) is 23.9 Å². The van der Waals surface area contributed by atoms with Gasteiger partial charge in [0.2, 0.25) is 0 Å². The summed E-state index contributed by atoms with van der Waals surface area (Å²) in [6.45, 7) is 3.14. The van der Waals surface area contributed by atoms with Crippen LogP contribution in [0.25, 0.3) is 0 Å². The number of ether oxygens (including phenoxy) is 1. The van der Waals surface area contributed by atoms with Crippen LogP contribution >= 0.6 is 0 Å². The average molecular weight is 264 g/mol. The molecule has 106 valence electrons. The minimum Gasteiger partial charge on any atom is -0.504 e. The van der Waals surface area contributed by atoms with Crippen LogP contribution in [-0.2, 0) is 6.54 Å². The number of phenols is 1. The Bertz CT molecular complexity index is 421. The van der Waals surface area contributed by atoms with Crippen molar-refractivity contribution >= 4 is 0 Å². The number of phenolic OH excluding ortho intramolecular Hbond substituents is 1. The molecule has 19 heavy (non-hydrogen) atoms. The maximum Gasteiger partial charge on any atom is 0.160 e. The lowest BCUT2D eigenvalue weighted by Gasteiger charge is -2.27. The third-order valence-electron chi connectivity index (χ3n) is 3.70. The van der Waals surface area contributed by atoms with Gasteiger partial charge in [-0.15, -0.1) is 0 Å². The standard InChI is InChI=1S/C15H24N2O2/c1-16(2)11-13-5-4-8-17(13)10-12-6-7-15(19-3)14(18)9-12/h6-7,9,13,18H,4-5,8,10-11H2,1-3H3. The van der Waals surface area contributed by atoms with E-state index < -0.39 is 0 Å². The highest BCUT2D eigenvalue weighted by molar-refractivity contribution is 5.41. The number of methoxy groups -OCH3 is 1. The van der Waals surface area contributed by atoms with E-state index in [-0.39, 0.29) is 5.75 Å². The summed E-state index contributed by atoms with van der Waals surface area (Å²) in [5, 5.41) is 9.82. The topological polar surface area (TPSA) is 35.9 Å². The van der Waals surface area contributed by atoms with Crippen LogP contribution in [-0.4, -0.2) is 55.2 Å². The normalized spacial score (nSPS) is 20.1. The molecule has 0 aliphatic carbocycles. The first kappa shape index (κ1) is 14.2. The zero-order chi connectivity index (χ0) is 13.8. The molecule has 0 saturated carbocycles. The highest BCUT2D eigenvalue weighted by Gasteiger charge is 2.24. The van der Waals surface area contributed by atoms with Gasteiger partial charge >= 0.3 is 0 Å². The molecule has 2 rings (SSSR count). The molecule has 1 aromatic carbocycles. The summed E-state index contributed by atoms with van der Waals surface area (Å²) in [7, 11) is 5.81. The molecule has 0 aromatic heterocycles. The summed E-state index contributed by atoms with van der Waals surface area (Å²) in [6.07, 6.45) is 2.53. The van der Waals surface area contributed by atoms with E-state index in [0.29, 0.717) is 11.8 Å². The molecule has 0 bridgehead atoms. The van der Waals surface area contributed by atoms with Crippen LogP contribution < -0.4 is 4.74 Å². The zero-order valence-corrected chi connectivity index (χ0v) is 12.1. The van der Waals surface area contributed by atoms with Crippen LogP contribution in [0.3, 0.4) is 0 Å². The van der Waals surface area contributed by atoms with Crippen LogP contribution in [0, 0.1) is 0 Å². The molecular formula is C15H24N2O2. The summed E-state index contributed by atoms with van der Waals surface area (Å²) >= 11 is 0. The van der Waals surface area contributed by atoms with Crippen molar-refractivity contribution in [2.45, 2.75) is 25.4 Å². The number of rotatable bonds is 5. The first-order valence-corrected chi connectivity index (χ1v) is 6.85. The van der Waals surface area contributed by atoms with Gasteiger partial charge < -0.3 is 14.7 Å². The minimum absolute atomic E-state index is 0.225. The maximum absolute atomic E-state index is 9.82. The third-order valence-corrected chi connectivity index (χ3v) is 3.70. The van der Waals surface area contributed by atoms with E-state index in [0.717, 1.165) is 25.2 Å². The second-order valence-electron chi connectivity index (χ2n) is 5.53. The van der Waals surface area contributed by atoms with Crippen molar-refractivity contribution < 1.29 is 9.84 Å². The van der Waals surface area contributed by atoms with Gasteiger partial charge in [0.05, 0.1) is 7.11 Å². The Morgan fingerprint density at radius 3 is 2.84 bits per heavy atom. The lowest BCUT2D eigenvalue weighted by atomic mass is 10.1. The van der Waals surface area contributed by atoms with Crippen LogP contribution in [0.2, 0.25) is 0 Å². The number of hydrogen-bond acceptors (Lipinski definition) is 4. The summed E-state index contributed by atoms with van der Waals surface area (Å²) in [5.41, 5.74) is 1.14. The predicted octanol–water partition coefficient (Wildman–Crippen LogP) is 1.93. The SMILES string of the molecule is COc1ccc(CN2CCCC2CN(C)C)cc1O. The third kappa shape index (κ3) is 3.61. The number of likely N-dealkylation sites (N-methyl/N-ethyl adjacent to an activating group) is 1. The quantitative estimate of drug-likeness (QED) is 0.881. The van der Waals surface area contributed by atoms with E-state index in [1.54, 1.807) is 7.11 Å². The molecule has 1 fully saturated rings. The van der Waals surface area contributed by atoms with E-state index in [1.807, 2.05) is 18.2 Å².